The van der Waals surface area contributed by atoms with Crippen molar-refractivity contribution in [2.45, 2.75) is 13.8 Å². The Bertz CT molecular complexity index is 87.7. The Morgan fingerprint density at radius 2 is 2.25 bits per heavy atom. The number of nitrogens with two attached hydrogens (primary N) is 2. The minimum Gasteiger partial charge on any atom is -0.403 e. The van der Waals surface area contributed by atoms with E-state index in [1.54, 1.807) is 5.01 Å². The van der Waals surface area contributed by atoms with E-state index in [9.17, 15) is 0 Å². The zero-order valence-corrected chi connectivity index (χ0v) is 5.39. The lowest BCUT2D eigenvalue weighted by atomic mass is 10.5. The molecule has 0 aromatic rings. The predicted octanol–water partition coefficient (Wildman–Crippen LogP) is 0.00200. The maximum Gasteiger partial charge on any atom is 0.0414 e. The van der Waals surface area contributed by atoms with E-state index in [0.717, 1.165) is 12.2 Å². The zero-order valence-electron chi connectivity index (χ0n) is 5.39. The molecular formula is C5H13N3. The fourth-order valence-corrected chi connectivity index (χ4v) is 0.345. The van der Waals surface area contributed by atoms with Gasteiger partial charge in [0.05, 0.1) is 0 Å². The van der Waals surface area contributed by atoms with Gasteiger partial charge in [-0.2, -0.15) is 0 Å². The lowest BCUT2D eigenvalue weighted by Gasteiger charge is -2.14. The molecule has 0 spiro atoms. The minimum absolute atomic E-state index is 0.791. The SMILES string of the molecule is CCN(N)/C(C)=C\N. The number of hydrazine groups is 1. The first kappa shape index (κ1) is 7.30. The Hall–Kier alpha value is -0.700. The third kappa shape index (κ3) is 1.84. The van der Waals surface area contributed by atoms with Gasteiger partial charge in [0, 0.05) is 18.4 Å². The van der Waals surface area contributed by atoms with E-state index in [0.29, 0.717) is 0 Å². The van der Waals surface area contributed by atoms with Gasteiger partial charge in [-0.25, -0.2) is 5.84 Å². The number of allylic oxidation sites excluding steroid dienone is 1. The molecule has 0 bridgehead atoms. The topological polar surface area (TPSA) is 55.3 Å². The first-order valence-electron chi connectivity index (χ1n) is 2.63. The molecule has 0 saturated heterocycles. The second-order valence-corrected chi connectivity index (χ2v) is 1.59. The van der Waals surface area contributed by atoms with Crippen molar-refractivity contribution in [3.63, 3.8) is 0 Å². The lowest BCUT2D eigenvalue weighted by molar-refractivity contribution is 0.379. The van der Waals surface area contributed by atoms with E-state index in [1.165, 1.54) is 6.20 Å². The van der Waals surface area contributed by atoms with E-state index in [-0.39, 0.29) is 0 Å². The summed E-state index contributed by atoms with van der Waals surface area (Å²) in [7, 11) is 0. The molecule has 48 valence electrons. The first-order chi connectivity index (χ1) is 3.72. The summed E-state index contributed by atoms with van der Waals surface area (Å²) >= 11 is 0. The highest BCUT2D eigenvalue weighted by Crippen LogP contribution is 1.90. The molecule has 0 saturated carbocycles. The van der Waals surface area contributed by atoms with E-state index >= 15 is 0 Å². The van der Waals surface area contributed by atoms with Gasteiger partial charge in [0.2, 0.25) is 0 Å². The molecule has 0 aliphatic heterocycles. The molecular weight excluding hydrogens is 102 g/mol. The van der Waals surface area contributed by atoms with Gasteiger partial charge in [0.25, 0.3) is 0 Å². The summed E-state index contributed by atoms with van der Waals surface area (Å²) in [6, 6.07) is 0. The van der Waals surface area contributed by atoms with E-state index in [1.807, 2.05) is 13.8 Å². The van der Waals surface area contributed by atoms with Crippen LogP contribution in [-0.4, -0.2) is 11.6 Å². The molecule has 0 aliphatic rings. The number of nitrogens with zero attached hydrogens (tertiary/aromatic N) is 1. The van der Waals surface area contributed by atoms with Crippen molar-refractivity contribution in [1.82, 2.24) is 5.01 Å². The van der Waals surface area contributed by atoms with Crippen molar-refractivity contribution >= 4 is 0 Å². The van der Waals surface area contributed by atoms with Gasteiger partial charge in [-0.15, -0.1) is 0 Å². The van der Waals surface area contributed by atoms with Crippen LogP contribution in [0, 0.1) is 0 Å². The molecule has 3 nitrogen and oxygen atoms in total. The van der Waals surface area contributed by atoms with Gasteiger partial charge < -0.3 is 10.7 Å². The second kappa shape index (κ2) is 3.32. The Morgan fingerprint density at radius 3 is 2.38 bits per heavy atom. The summed E-state index contributed by atoms with van der Waals surface area (Å²) in [6.45, 7) is 4.62. The number of hydrogen-bond donors (Lipinski definition) is 2. The molecule has 0 amide bonds. The fourth-order valence-electron chi connectivity index (χ4n) is 0.345. The average molecular weight is 115 g/mol. The third-order valence-electron chi connectivity index (χ3n) is 1.03. The minimum atomic E-state index is 0.791. The molecule has 0 unspecified atom stereocenters. The zero-order chi connectivity index (χ0) is 6.57. The first-order valence-corrected chi connectivity index (χ1v) is 2.63. The van der Waals surface area contributed by atoms with Crippen LogP contribution in [0.25, 0.3) is 0 Å². The van der Waals surface area contributed by atoms with Gasteiger partial charge >= 0.3 is 0 Å². The van der Waals surface area contributed by atoms with Crippen LogP contribution in [0.15, 0.2) is 11.9 Å². The van der Waals surface area contributed by atoms with E-state index in [2.05, 4.69) is 0 Å². The summed E-state index contributed by atoms with van der Waals surface area (Å²) in [5.74, 6) is 5.41. The molecule has 0 fully saturated rings. The van der Waals surface area contributed by atoms with E-state index < -0.39 is 0 Å². The maximum atomic E-state index is 5.41. The van der Waals surface area contributed by atoms with Crippen LogP contribution < -0.4 is 11.6 Å². The molecule has 0 atom stereocenters. The van der Waals surface area contributed by atoms with Crippen LogP contribution in [-0.2, 0) is 0 Å². The molecule has 0 aromatic carbocycles. The highest BCUT2D eigenvalue weighted by molar-refractivity contribution is 4.90. The summed E-state index contributed by atoms with van der Waals surface area (Å²) in [5, 5.41) is 1.58. The molecule has 4 N–H and O–H groups in total. The Balaban J connectivity index is 3.63. The largest absolute Gasteiger partial charge is 0.403 e. The fraction of sp³-hybridized carbons (Fsp3) is 0.600. The molecule has 0 radical (unpaired) electrons. The van der Waals surface area contributed by atoms with Crippen LogP contribution >= 0.6 is 0 Å². The number of rotatable bonds is 2. The summed E-state index contributed by atoms with van der Waals surface area (Å²) in [6.07, 6.45) is 1.49. The summed E-state index contributed by atoms with van der Waals surface area (Å²) in [5.41, 5.74) is 6.06. The second-order valence-electron chi connectivity index (χ2n) is 1.59. The molecule has 0 heterocycles. The summed E-state index contributed by atoms with van der Waals surface area (Å²) in [4.78, 5) is 0. The Labute approximate surface area is 49.9 Å². The van der Waals surface area contributed by atoms with Crippen LogP contribution in [0.3, 0.4) is 0 Å². The van der Waals surface area contributed by atoms with Gasteiger partial charge in [0.15, 0.2) is 0 Å². The predicted molar refractivity (Wildman–Crippen MR) is 34.5 cm³/mol. The van der Waals surface area contributed by atoms with Crippen molar-refractivity contribution in [1.29, 1.82) is 0 Å². The van der Waals surface area contributed by atoms with Gasteiger partial charge in [-0.1, -0.05) is 0 Å². The van der Waals surface area contributed by atoms with Crippen LogP contribution in [0.1, 0.15) is 13.8 Å². The monoisotopic (exact) mass is 115 g/mol. The quantitative estimate of drug-likeness (QED) is 0.393. The van der Waals surface area contributed by atoms with Crippen LogP contribution in [0.2, 0.25) is 0 Å². The Kier molecular flexibility index (Phi) is 3.03. The maximum absolute atomic E-state index is 5.41. The molecule has 0 aromatic heterocycles. The standard InChI is InChI=1S/C5H13N3/c1-3-8(7)5(2)4-6/h4H,3,6-7H2,1-2H3/b5-4-. The van der Waals surface area contributed by atoms with Crippen LogP contribution in [0.4, 0.5) is 0 Å². The molecule has 0 rings (SSSR count). The molecule has 0 aliphatic carbocycles. The van der Waals surface area contributed by atoms with E-state index in [4.69, 9.17) is 11.6 Å². The lowest BCUT2D eigenvalue weighted by Crippen LogP contribution is -2.28. The normalized spacial score (nSPS) is 11.6. The van der Waals surface area contributed by atoms with Crippen molar-refractivity contribution < 1.29 is 0 Å². The van der Waals surface area contributed by atoms with Crippen molar-refractivity contribution in [2.75, 3.05) is 6.54 Å². The van der Waals surface area contributed by atoms with Gasteiger partial charge in [-0.3, -0.25) is 0 Å². The smallest absolute Gasteiger partial charge is 0.0414 e. The third-order valence-corrected chi connectivity index (χ3v) is 1.03. The molecule has 3 heteroatoms. The molecule has 8 heavy (non-hydrogen) atoms. The number of hydrogen-bond acceptors (Lipinski definition) is 3. The van der Waals surface area contributed by atoms with Gasteiger partial charge in [-0.05, 0) is 13.8 Å². The summed E-state index contributed by atoms with van der Waals surface area (Å²) < 4.78 is 0. The van der Waals surface area contributed by atoms with Gasteiger partial charge in [0.1, 0.15) is 0 Å². The van der Waals surface area contributed by atoms with Crippen molar-refractivity contribution in [3.8, 4) is 0 Å². The average Bonchev–Trinajstić information content (AvgIpc) is 1.84. The Morgan fingerprint density at radius 1 is 1.75 bits per heavy atom. The highest BCUT2D eigenvalue weighted by atomic mass is 15.4. The van der Waals surface area contributed by atoms with Crippen LogP contribution in [0.5, 0.6) is 0 Å². The highest BCUT2D eigenvalue weighted by Gasteiger charge is 1.90. The van der Waals surface area contributed by atoms with Crippen molar-refractivity contribution in [3.05, 3.63) is 11.9 Å². The van der Waals surface area contributed by atoms with Crippen molar-refractivity contribution in [2.24, 2.45) is 11.6 Å².